The van der Waals surface area contributed by atoms with Crippen LogP contribution in [0.5, 0.6) is 0 Å². The van der Waals surface area contributed by atoms with E-state index in [1.807, 2.05) is 13.0 Å². The zero-order valence-electron chi connectivity index (χ0n) is 7.95. The summed E-state index contributed by atoms with van der Waals surface area (Å²) in [6, 6.07) is 1.92. The van der Waals surface area contributed by atoms with Crippen molar-refractivity contribution in [3.05, 3.63) is 17.6 Å². The lowest BCUT2D eigenvalue weighted by Crippen LogP contribution is -2.03. The van der Waals surface area contributed by atoms with Crippen LogP contribution in [0, 0.1) is 6.92 Å². The van der Waals surface area contributed by atoms with Crippen molar-refractivity contribution in [2.75, 3.05) is 5.73 Å². The molecule has 1 aliphatic carbocycles. The van der Waals surface area contributed by atoms with E-state index in [1.54, 1.807) is 0 Å². The van der Waals surface area contributed by atoms with Crippen molar-refractivity contribution in [3.8, 4) is 0 Å². The molecule has 0 aliphatic heterocycles. The number of aryl methyl sites for hydroxylation is 1. The molecule has 3 heteroatoms. The summed E-state index contributed by atoms with van der Waals surface area (Å²) in [6.45, 7) is 1.90. The third-order valence-corrected chi connectivity index (χ3v) is 2.65. The fraction of sp³-hybridized carbons (Fsp3) is 0.600. The minimum atomic E-state index is 0.606. The Morgan fingerprint density at radius 2 is 2.00 bits per heavy atom. The molecule has 0 saturated heterocycles. The molecule has 2 N–H and O–H groups in total. The number of aromatic nitrogens is 2. The van der Waals surface area contributed by atoms with E-state index >= 15 is 0 Å². The highest BCUT2D eigenvalue weighted by Gasteiger charge is 2.18. The summed E-state index contributed by atoms with van der Waals surface area (Å²) < 4.78 is 0. The molecule has 1 heterocycles. The van der Waals surface area contributed by atoms with Crippen molar-refractivity contribution in [2.45, 2.75) is 38.5 Å². The molecule has 1 aliphatic rings. The molecule has 1 aromatic heterocycles. The first-order valence-electron chi connectivity index (χ1n) is 4.87. The number of rotatable bonds is 1. The Kier molecular flexibility index (Phi) is 2.17. The van der Waals surface area contributed by atoms with Gasteiger partial charge in [-0.3, -0.25) is 0 Å². The largest absolute Gasteiger partial charge is 0.384 e. The highest BCUT2D eigenvalue weighted by atomic mass is 14.9. The van der Waals surface area contributed by atoms with Gasteiger partial charge in [-0.05, 0) is 19.8 Å². The van der Waals surface area contributed by atoms with Crippen LogP contribution in [0.4, 0.5) is 5.82 Å². The molecule has 1 fully saturated rings. The van der Waals surface area contributed by atoms with Crippen molar-refractivity contribution in [1.82, 2.24) is 9.97 Å². The summed E-state index contributed by atoms with van der Waals surface area (Å²) in [6.07, 6.45) is 5.17. The van der Waals surface area contributed by atoms with Gasteiger partial charge in [-0.25, -0.2) is 9.97 Å². The molecule has 0 spiro atoms. The summed E-state index contributed by atoms with van der Waals surface area (Å²) in [4.78, 5) is 8.50. The van der Waals surface area contributed by atoms with E-state index in [0.29, 0.717) is 11.7 Å². The predicted molar refractivity (Wildman–Crippen MR) is 52.4 cm³/mol. The van der Waals surface area contributed by atoms with Gasteiger partial charge in [0, 0.05) is 17.7 Å². The van der Waals surface area contributed by atoms with Crippen LogP contribution in [0.25, 0.3) is 0 Å². The van der Waals surface area contributed by atoms with E-state index in [4.69, 9.17) is 5.73 Å². The second kappa shape index (κ2) is 3.32. The van der Waals surface area contributed by atoms with Gasteiger partial charge < -0.3 is 5.73 Å². The van der Waals surface area contributed by atoms with Crippen LogP contribution < -0.4 is 5.73 Å². The Balaban J connectivity index is 2.28. The predicted octanol–water partition coefficient (Wildman–Crippen LogP) is 2.02. The third-order valence-electron chi connectivity index (χ3n) is 2.65. The number of hydrogen-bond acceptors (Lipinski definition) is 3. The SMILES string of the molecule is Cc1nc(N)cc(C2CCCC2)n1. The first-order chi connectivity index (χ1) is 6.25. The zero-order chi connectivity index (χ0) is 9.26. The number of anilines is 1. The molecular weight excluding hydrogens is 162 g/mol. The fourth-order valence-electron chi connectivity index (χ4n) is 2.05. The minimum Gasteiger partial charge on any atom is -0.384 e. The van der Waals surface area contributed by atoms with Gasteiger partial charge in [-0.15, -0.1) is 0 Å². The van der Waals surface area contributed by atoms with Gasteiger partial charge in [0.2, 0.25) is 0 Å². The smallest absolute Gasteiger partial charge is 0.127 e. The van der Waals surface area contributed by atoms with Crippen molar-refractivity contribution in [3.63, 3.8) is 0 Å². The molecule has 0 radical (unpaired) electrons. The summed E-state index contributed by atoms with van der Waals surface area (Å²) in [5.41, 5.74) is 6.82. The highest BCUT2D eigenvalue weighted by molar-refractivity contribution is 5.31. The van der Waals surface area contributed by atoms with E-state index in [9.17, 15) is 0 Å². The maximum Gasteiger partial charge on any atom is 0.127 e. The minimum absolute atomic E-state index is 0.606. The zero-order valence-corrected chi connectivity index (χ0v) is 7.95. The van der Waals surface area contributed by atoms with E-state index in [0.717, 1.165) is 11.5 Å². The second-order valence-electron chi connectivity index (χ2n) is 3.75. The summed E-state index contributed by atoms with van der Waals surface area (Å²) in [5.74, 6) is 2.03. The fourth-order valence-corrected chi connectivity index (χ4v) is 2.05. The topological polar surface area (TPSA) is 51.8 Å². The molecule has 3 nitrogen and oxygen atoms in total. The number of nitrogens with zero attached hydrogens (tertiary/aromatic N) is 2. The molecule has 0 aromatic carbocycles. The van der Waals surface area contributed by atoms with Crippen LogP contribution in [0.2, 0.25) is 0 Å². The van der Waals surface area contributed by atoms with Gasteiger partial charge in [0.25, 0.3) is 0 Å². The molecule has 2 rings (SSSR count). The lowest BCUT2D eigenvalue weighted by molar-refractivity contribution is 0.690. The third kappa shape index (κ3) is 1.79. The van der Waals surface area contributed by atoms with Gasteiger partial charge in [0.05, 0.1) is 0 Å². The molecule has 70 valence electrons. The van der Waals surface area contributed by atoms with Gasteiger partial charge in [-0.2, -0.15) is 0 Å². The Hall–Kier alpha value is -1.12. The van der Waals surface area contributed by atoms with E-state index in [-0.39, 0.29) is 0 Å². The highest BCUT2D eigenvalue weighted by Crippen LogP contribution is 2.33. The Labute approximate surface area is 78.4 Å². The average molecular weight is 177 g/mol. The van der Waals surface area contributed by atoms with E-state index in [2.05, 4.69) is 9.97 Å². The molecule has 0 amide bonds. The van der Waals surface area contributed by atoms with E-state index < -0.39 is 0 Å². The average Bonchev–Trinajstić information content (AvgIpc) is 2.53. The van der Waals surface area contributed by atoms with Gasteiger partial charge in [0.1, 0.15) is 11.6 Å². The summed E-state index contributed by atoms with van der Waals surface area (Å²) >= 11 is 0. The molecule has 13 heavy (non-hydrogen) atoms. The van der Waals surface area contributed by atoms with Gasteiger partial charge in [0.15, 0.2) is 0 Å². The van der Waals surface area contributed by atoms with Crippen molar-refractivity contribution >= 4 is 5.82 Å². The number of hydrogen-bond donors (Lipinski definition) is 1. The maximum atomic E-state index is 5.68. The van der Waals surface area contributed by atoms with Crippen molar-refractivity contribution in [1.29, 1.82) is 0 Å². The summed E-state index contributed by atoms with van der Waals surface area (Å²) in [7, 11) is 0. The van der Waals surface area contributed by atoms with Crippen LogP contribution in [0.15, 0.2) is 6.07 Å². The molecule has 0 atom stereocenters. The molecule has 0 unspecified atom stereocenters. The van der Waals surface area contributed by atoms with Gasteiger partial charge in [-0.1, -0.05) is 12.8 Å². The quantitative estimate of drug-likeness (QED) is 0.714. The standard InChI is InChI=1S/C10H15N3/c1-7-12-9(6-10(11)13-7)8-4-2-3-5-8/h6,8H,2-5H2,1H3,(H2,11,12,13). The van der Waals surface area contributed by atoms with Crippen LogP contribution in [-0.2, 0) is 0 Å². The number of nitrogen functional groups attached to an aromatic ring is 1. The Morgan fingerprint density at radius 3 is 2.62 bits per heavy atom. The first kappa shape index (κ1) is 8.48. The number of nitrogens with two attached hydrogens (primary N) is 1. The Morgan fingerprint density at radius 1 is 1.31 bits per heavy atom. The second-order valence-corrected chi connectivity index (χ2v) is 3.75. The molecule has 1 aromatic rings. The van der Waals surface area contributed by atoms with Gasteiger partial charge >= 0.3 is 0 Å². The maximum absolute atomic E-state index is 5.68. The first-order valence-corrected chi connectivity index (χ1v) is 4.87. The molecule has 1 saturated carbocycles. The van der Waals surface area contributed by atoms with Crippen LogP contribution in [-0.4, -0.2) is 9.97 Å². The molecular formula is C10H15N3. The monoisotopic (exact) mass is 177 g/mol. The van der Waals surface area contributed by atoms with Crippen LogP contribution in [0.1, 0.15) is 43.1 Å². The Bertz CT molecular complexity index is 283. The van der Waals surface area contributed by atoms with Crippen LogP contribution in [0.3, 0.4) is 0 Å². The van der Waals surface area contributed by atoms with Crippen molar-refractivity contribution in [2.24, 2.45) is 0 Å². The van der Waals surface area contributed by atoms with Crippen molar-refractivity contribution < 1.29 is 0 Å². The lowest BCUT2D eigenvalue weighted by Gasteiger charge is -2.09. The normalized spacial score (nSPS) is 17.9. The lowest BCUT2D eigenvalue weighted by atomic mass is 10.0. The molecule has 0 bridgehead atoms. The van der Waals surface area contributed by atoms with E-state index in [1.165, 1.54) is 25.7 Å². The summed E-state index contributed by atoms with van der Waals surface area (Å²) in [5, 5.41) is 0. The van der Waals surface area contributed by atoms with Crippen LogP contribution >= 0.6 is 0 Å².